The first-order chi connectivity index (χ1) is 11.0. The molecule has 0 aliphatic heterocycles. The van der Waals surface area contributed by atoms with Gasteiger partial charge in [-0.25, -0.2) is 4.98 Å². The topological polar surface area (TPSA) is 62.2 Å². The van der Waals surface area contributed by atoms with Crippen molar-refractivity contribution in [1.82, 2.24) is 9.38 Å². The number of aromatic nitrogens is 2. The number of fused-ring (bicyclic) bond motifs is 1. The first-order valence-electron chi connectivity index (χ1n) is 7.04. The Hall–Kier alpha value is -2.11. The fourth-order valence-electron chi connectivity index (χ4n) is 2.20. The summed E-state index contributed by atoms with van der Waals surface area (Å²) < 4.78 is 1.71. The lowest BCUT2D eigenvalue weighted by Gasteiger charge is -2.02. The van der Waals surface area contributed by atoms with E-state index in [-0.39, 0.29) is 11.7 Å². The average molecular weight is 349 g/mol. The summed E-state index contributed by atoms with van der Waals surface area (Å²) in [6.45, 7) is 4.02. The summed E-state index contributed by atoms with van der Waals surface area (Å²) in [5, 5.41) is 19.4. The van der Waals surface area contributed by atoms with E-state index in [1.807, 2.05) is 13.8 Å². The van der Waals surface area contributed by atoms with Crippen molar-refractivity contribution in [3.63, 3.8) is 0 Å². The van der Waals surface area contributed by atoms with Crippen LogP contribution in [0, 0.1) is 0 Å². The molecule has 0 aliphatic carbocycles. The van der Waals surface area contributed by atoms with Gasteiger partial charge in [-0.15, -0.1) is 10.2 Å². The van der Waals surface area contributed by atoms with Crippen molar-refractivity contribution in [2.75, 3.05) is 0 Å². The van der Waals surface area contributed by atoms with Crippen molar-refractivity contribution < 1.29 is 5.11 Å². The number of azo groups is 1. The van der Waals surface area contributed by atoms with Gasteiger partial charge in [0.05, 0.1) is 21.4 Å². The summed E-state index contributed by atoms with van der Waals surface area (Å²) in [7, 11) is 0. The summed E-state index contributed by atoms with van der Waals surface area (Å²) >= 11 is 11.9. The second-order valence-corrected chi connectivity index (χ2v) is 6.18. The first kappa shape index (κ1) is 15.8. The van der Waals surface area contributed by atoms with Crippen LogP contribution in [-0.4, -0.2) is 14.5 Å². The molecule has 5 nitrogen and oxygen atoms in total. The quantitative estimate of drug-likeness (QED) is 0.600. The highest BCUT2D eigenvalue weighted by molar-refractivity contribution is 6.42. The van der Waals surface area contributed by atoms with Crippen LogP contribution in [0.2, 0.25) is 10.0 Å². The number of aromatic hydroxyl groups is 1. The minimum atomic E-state index is 0.102. The molecule has 3 rings (SSSR count). The Labute approximate surface area is 143 Å². The predicted molar refractivity (Wildman–Crippen MR) is 91.6 cm³/mol. The van der Waals surface area contributed by atoms with Gasteiger partial charge in [-0.1, -0.05) is 37.0 Å². The van der Waals surface area contributed by atoms with Crippen LogP contribution in [0.3, 0.4) is 0 Å². The smallest absolute Gasteiger partial charge is 0.183 e. The van der Waals surface area contributed by atoms with E-state index in [9.17, 15) is 5.11 Å². The number of halogens is 2. The zero-order valence-electron chi connectivity index (χ0n) is 12.5. The molecule has 0 spiro atoms. The Kier molecular flexibility index (Phi) is 4.24. The van der Waals surface area contributed by atoms with Crippen molar-refractivity contribution in [1.29, 1.82) is 0 Å². The summed E-state index contributed by atoms with van der Waals surface area (Å²) in [5.74, 6) is 0.819. The number of imidazole rings is 1. The van der Waals surface area contributed by atoms with Crippen LogP contribution in [0.1, 0.15) is 25.5 Å². The second-order valence-electron chi connectivity index (χ2n) is 5.36. The molecule has 0 aliphatic rings. The maximum absolute atomic E-state index is 9.96. The number of rotatable bonds is 3. The van der Waals surface area contributed by atoms with Crippen LogP contribution in [0.15, 0.2) is 46.8 Å². The fourth-order valence-corrected chi connectivity index (χ4v) is 2.49. The van der Waals surface area contributed by atoms with E-state index in [2.05, 4.69) is 15.2 Å². The number of pyridine rings is 1. The van der Waals surface area contributed by atoms with Crippen molar-refractivity contribution in [2.45, 2.75) is 19.8 Å². The largest absolute Gasteiger partial charge is 0.504 e. The molecular formula is C16H14Cl2N4O. The Morgan fingerprint density at radius 2 is 1.91 bits per heavy atom. The third-order valence-corrected chi connectivity index (χ3v) is 4.08. The summed E-state index contributed by atoms with van der Waals surface area (Å²) in [6, 6.07) is 8.36. The number of hydrogen-bond acceptors (Lipinski definition) is 4. The second kappa shape index (κ2) is 6.18. The molecule has 2 heterocycles. The molecule has 0 saturated heterocycles. The molecule has 1 aromatic carbocycles. The van der Waals surface area contributed by atoms with Gasteiger partial charge in [0.25, 0.3) is 0 Å². The van der Waals surface area contributed by atoms with E-state index < -0.39 is 0 Å². The number of nitrogens with zero attached hydrogens (tertiary/aromatic N) is 4. The van der Waals surface area contributed by atoms with Crippen molar-refractivity contribution in [2.24, 2.45) is 10.2 Å². The normalized spacial score (nSPS) is 11.9. The zero-order chi connectivity index (χ0) is 16.6. The third-order valence-electron chi connectivity index (χ3n) is 3.34. The van der Waals surface area contributed by atoms with Gasteiger partial charge in [-0.3, -0.25) is 4.40 Å². The van der Waals surface area contributed by atoms with Crippen LogP contribution in [0.5, 0.6) is 5.75 Å². The predicted octanol–water partition coefficient (Wildman–Crippen LogP) is 5.89. The molecule has 0 bridgehead atoms. The van der Waals surface area contributed by atoms with E-state index in [1.54, 1.807) is 40.9 Å². The molecule has 0 saturated carbocycles. The van der Waals surface area contributed by atoms with Gasteiger partial charge in [-0.2, -0.15) is 0 Å². The molecule has 7 heteroatoms. The van der Waals surface area contributed by atoms with E-state index >= 15 is 0 Å². The van der Waals surface area contributed by atoms with Crippen LogP contribution in [-0.2, 0) is 0 Å². The van der Waals surface area contributed by atoms with Crippen molar-refractivity contribution in [3.05, 3.63) is 52.3 Å². The van der Waals surface area contributed by atoms with Gasteiger partial charge in [0, 0.05) is 6.20 Å². The van der Waals surface area contributed by atoms with Gasteiger partial charge in [0.1, 0.15) is 0 Å². The standard InChI is InChI=1S/C16H14Cl2N4O/c1-9(2)14-16(22-7-3-4-13(23)15(22)19-14)21-20-10-5-6-11(17)12(18)8-10/h3-9,23H,1-2H3. The summed E-state index contributed by atoms with van der Waals surface area (Å²) in [4.78, 5) is 4.47. The summed E-state index contributed by atoms with van der Waals surface area (Å²) in [5.41, 5.74) is 1.80. The lowest BCUT2D eigenvalue weighted by molar-refractivity contribution is 0.477. The Morgan fingerprint density at radius 3 is 2.61 bits per heavy atom. The highest BCUT2D eigenvalue weighted by Gasteiger charge is 2.16. The highest BCUT2D eigenvalue weighted by Crippen LogP contribution is 2.33. The molecule has 0 amide bonds. The van der Waals surface area contributed by atoms with Crippen LogP contribution in [0.4, 0.5) is 11.5 Å². The van der Waals surface area contributed by atoms with Gasteiger partial charge < -0.3 is 5.11 Å². The molecule has 2 aromatic heterocycles. The molecule has 118 valence electrons. The molecular weight excluding hydrogens is 335 g/mol. The number of benzene rings is 1. The zero-order valence-corrected chi connectivity index (χ0v) is 14.0. The minimum absolute atomic E-state index is 0.102. The Balaban J connectivity index is 2.11. The SMILES string of the molecule is CC(C)c1nc2c(O)cccn2c1N=Nc1ccc(Cl)c(Cl)c1. The molecule has 23 heavy (non-hydrogen) atoms. The highest BCUT2D eigenvalue weighted by atomic mass is 35.5. The molecule has 0 radical (unpaired) electrons. The Bertz CT molecular complexity index is 902. The van der Waals surface area contributed by atoms with Crippen molar-refractivity contribution >= 4 is 40.4 Å². The van der Waals surface area contributed by atoms with Crippen LogP contribution >= 0.6 is 23.2 Å². The molecule has 1 N–H and O–H groups in total. The van der Waals surface area contributed by atoms with E-state index in [0.29, 0.717) is 27.2 Å². The van der Waals surface area contributed by atoms with Gasteiger partial charge in [-0.05, 0) is 36.2 Å². The molecule has 3 aromatic rings. The third kappa shape index (κ3) is 3.02. The lowest BCUT2D eigenvalue weighted by Crippen LogP contribution is -1.87. The van der Waals surface area contributed by atoms with Crippen LogP contribution in [0.25, 0.3) is 5.65 Å². The van der Waals surface area contributed by atoms with Gasteiger partial charge in [0.2, 0.25) is 0 Å². The monoisotopic (exact) mass is 348 g/mol. The average Bonchev–Trinajstić information content (AvgIpc) is 2.89. The Morgan fingerprint density at radius 1 is 1.13 bits per heavy atom. The van der Waals surface area contributed by atoms with Gasteiger partial charge >= 0.3 is 0 Å². The van der Waals surface area contributed by atoms with Crippen molar-refractivity contribution in [3.8, 4) is 5.75 Å². The van der Waals surface area contributed by atoms with E-state index in [4.69, 9.17) is 23.2 Å². The molecule has 0 fully saturated rings. The van der Waals surface area contributed by atoms with Gasteiger partial charge in [0.15, 0.2) is 17.2 Å². The van der Waals surface area contributed by atoms with E-state index in [0.717, 1.165) is 5.69 Å². The minimum Gasteiger partial charge on any atom is -0.504 e. The van der Waals surface area contributed by atoms with Crippen LogP contribution < -0.4 is 0 Å². The fraction of sp³-hybridized carbons (Fsp3) is 0.188. The first-order valence-corrected chi connectivity index (χ1v) is 7.79. The lowest BCUT2D eigenvalue weighted by atomic mass is 10.1. The molecule has 0 atom stereocenters. The molecule has 0 unspecified atom stereocenters. The summed E-state index contributed by atoms with van der Waals surface area (Å²) in [6.07, 6.45) is 1.79. The maximum Gasteiger partial charge on any atom is 0.183 e. The number of hydrogen-bond donors (Lipinski definition) is 1. The van der Waals surface area contributed by atoms with E-state index in [1.165, 1.54) is 0 Å². The maximum atomic E-state index is 9.96.